The molecule has 0 heterocycles. The van der Waals surface area contributed by atoms with Crippen LogP contribution in [0.5, 0.6) is 0 Å². The summed E-state index contributed by atoms with van der Waals surface area (Å²) in [4.78, 5) is 21.6. The Hall–Kier alpha value is -2.62. The lowest BCUT2D eigenvalue weighted by Gasteiger charge is -2.13. The van der Waals surface area contributed by atoms with E-state index in [4.69, 9.17) is 6.42 Å². The van der Waals surface area contributed by atoms with Gasteiger partial charge in [-0.15, -0.1) is 12.3 Å². The van der Waals surface area contributed by atoms with Gasteiger partial charge in [0.15, 0.2) is 0 Å². The standard InChI is InChI=1S/C13H13FN2O4/c1-4-5-8(2)15-11-6-9(13(17)20-3)10(14)7-12(11)16(18)19/h1,6-8,15H,5H2,2-3H3. The van der Waals surface area contributed by atoms with Gasteiger partial charge in [0.25, 0.3) is 5.69 Å². The van der Waals surface area contributed by atoms with E-state index < -0.39 is 22.4 Å². The van der Waals surface area contributed by atoms with E-state index >= 15 is 0 Å². The van der Waals surface area contributed by atoms with E-state index in [1.807, 2.05) is 0 Å². The van der Waals surface area contributed by atoms with Crippen molar-refractivity contribution in [3.63, 3.8) is 0 Å². The Morgan fingerprint density at radius 2 is 2.30 bits per heavy atom. The number of hydrogen-bond donors (Lipinski definition) is 1. The molecule has 7 heteroatoms. The molecule has 0 aliphatic rings. The molecule has 6 nitrogen and oxygen atoms in total. The molecule has 1 unspecified atom stereocenters. The van der Waals surface area contributed by atoms with Gasteiger partial charge >= 0.3 is 5.97 Å². The van der Waals surface area contributed by atoms with E-state index in [0.717, 1.165) is 13.2 Å². The number of nitro groups is 1. The molecule has 20 heavy (non-hydrogen) atoms. The van der Waals surface area contributed by atoms with Crippen LogP contribution < -0.4 is 5.32 Å². The summed E-state index contributed by atoms with van der Waals surface area (Å²) in [6.45, 7) is 1.71. The van der Waals surface area contributed by atoms with Crippen LogP contribution in [0.25, 0.3) is 0 Å². The summed E-state index contributed by atoms with van der Waals surface area (Å²) in [5.74, 6) is 0.471. The Morgan fingerprint density at radius 1 is 1.65 bits per heavy atom. The number of nitrogens with zero attached hydrogens (tertiary/aromatic N) is 1. The lowest BCUT2D eigenvalue weighted by Crippen LogP contribution is -2.16. The number of ether oxygens (including phenoxy) is 1. The largest absolute Gasteiger partial charge is 0.465 e. The lowest BCUT2D eigenvalue weighted by molar-refractivity contribution is -0.384. The number of nitrogens with one attached hydrogen (secondary N) is 1. The second kappa shape index (κ2) is 6.52. The van der Waals surface area contributed by atoms with Crippen LogP contribution in [0, 0.1) is 28.3 Å². The number of hydrogen-bond acceptors (Lipinski definition) is 5. The highest BCUT2D eigenvalue weighted by molar-refractivity contribution is 5.92. The maximum Gasteiger partial charge on any atom is 0.340 e. The molecular formula is C13H13FN2O4. The number of benzene rings is 1. The van der Waals surface area contributed by atoms with Gasteiger partial charge in [-0.05, 0) is 13.0 Å². The van der Waals surface area contributed by atoms with Gasteiger partial charge < -0.3 is 10.1 Å². The zero-order valence-corrected chi connectivity index (χ0v) is 11.0. The van der Waals surface area contributed by atoms with Crippen molar-refractivity contribution in [2.75, 3.05) is 12.4 Å². The summed E-state index contributed by atoms with van der Waals surface area (Å²) in [5.41, 5.74) is -0.841. The van der Waals surface area contributed by atoms with Crippen molar-refractivity contribution >= 4 is 17.3 Å². The quantitative estimate of drug-likeness (QED) is 0.387. The summed E-state index contributed by atoms with van der Waals surface area (Å²) < 4.78 is 18.1. The number of esters is 1. The van der Waals surface area contributed by atoms with E-state index in [1.165, 1.54) is 0 Å². The van der Waals surface area contributed by atoms with Gasteiger partial charge in [-0.1, -0.05) is 0 Å². The number of carbonyl (C=O) groups excluding carboxylic acids is 1. The van der Waals surface area contributed by atoms with Crippen LogP contribution in [-0.4, -0.2) is 24.0 Å². The van der Waals surface area contributed by atoms with Crippen LogP contribution in [-0.2, 0) is 4.74 Å². The Bertz CT molecular complexity index is 580. The molecule has 0 saturated heterocycles. The summed E-state index contributed by atoms with van der Waals surface area (Å²) in [7, 11) is 1.09. The van der Waals surface area contributed by atoms with Crippen molar-refractivity contribution in [2.24, 2.45) is 0 Å². The molecule has 1 atom stereocenters. The maximum absolute atomic E-state index is 13.6. The molecule has 0 bridgehead atoms. The molecule has 1 aromatic carbocycles. The number of terminal acetylenes is 1. The minimum absolute atomic E-state index is 0.0135. The number of rotatable bonds is 5. The monoisotopic (exact) mass is 280 g/mol. The van der Waals surface area contributed by atoms with Gasteiger partial charge in [0.2, 0.25) is 0 Å². The number of methoxy groups -OCH3 is 1. The van der Waals surface area contributed by atoms with Crippen LogP contribution in [0.1, 0.15) is 23.7 Å². The second-order valence-corrected chi connectivity index (χ2v) is 4.05. The van der Waals surface area contributed by atoms with Gasteiger partial charge in [0.05, 0.1) is 23.7 Å². The third-order valence-corrected chi connectivity index (χ3v) is 2.51. The number of anilines is 1. The highest BCUT2D eigenvalue weighted by Gasteiger charge is 2.23. The van der Waals surface area contributed by atoms with Crippen molar-refractivity contribution < 1.29 is 18.8 Å². The van der Waals surface area contributed by atoms with Gasteiger partial charge in [0, 0.05) is 12.5 Å². The molecule has 0 aliphatic carbocycles. The van der Waals surface area contributed by atoms with Crippen LogP contribution >= 0.6 is 0 Å². The molecule has 0 amide bonds. The zero-order chi connectivity index (χ0) is 15.3. The van der Waals surface area contributed by atoms with E-state index in [1.54, 1.807) is 6.92 Å². The molecule has 0 radical (unpaired) electrons. The maximum atomic E-state index is 13.6. The molecular weight excluding hydrogens is 267 g/mol. The average molecular weight is 280 g/mol. The van der Waals surface area contributed by atoms with Gasteiger partial charge in [0.1, 0.15) is 11.5 Å². The van der Waals surface area contributed by atoms with Crippen LogP contribution in [0.3, 0.4) is 0 Å². The van der Waals surface area contributed by atoms with E-state index in [9.17, 15) is 19.3 Å². The molecule has 0 fully saturated rings. The predicted octanol–water partition coefficient (Wildman–Crippen LogP) is 2.34. The Kier molecular flexibility index (Phi) is 5.03. The van der Waals surface area contributed by atoms with Crippen LogP contribution in [0.15, 0.2) is 12.1 Å². The first-order valence-corrected chi connectivity index (χ1v) is 5.67. The minimum atomic E-state index is -1.02. The van der Waals surface area contributed by atoms with Gasteiger partial charge in [-0.3, -0.25) is 10.1 Å². The fourth-order valence-electron chi connectivity index (χ4n) is 1.59. The van der Waals surface area contributed by atoms with Crippen LogP contribution in [0.2, 0.25) is 0 Å². The normalized spacial score (nSPS) is 11.3. The Morgan fingerprint density at radius 3 is 2.80 bits per heavy atom. The number of halogens is 1. The first kappa shape index (κ1) is 15.4. The molecule has 0 saturated carbocycles. The molecule has 0 aromatic heterocycles. The summed E-state index contributed by atoms with van der Waals surface area (Å²) in [5, 5.41) is 13.7. The van der Waals surface area contributed by atoms with E-state index in [2.05, 4.69) is 16.0 Å². The molecule has 0 aliphatic heterocycles. The fourth-order valence-corrected chi connectivity index (χ4v) is 1.59. The third kappa shape index (κ3) is 3.45. The summed E-state index contributed by atoms with van der Waals surface area (Å²) in [6, 6.07) is 1.46. The van der Waals surface area contributed by atoms with Gasteiger partial charge in [-0.25, -0.2) is 9.18 Å². The average Bonchev–Trinajstić information content (AvgIpc) is 2.39. The Labute approximate surface area is 115 Å². The number of nitro benzene ring substituents is 1. The Balaban J connectivity index is 3.27. The SMILES string of the molecule is C#CCC(C)Nc1cc(C(=O)OC)c(F)cc1[N+](=O)[O-]. The molecule has 0 spiro atoms. The van der Waals surface area contributed by atoms with Crippen LogP contribution in [0.4, 0.5) is 15.8 Å². The van der Waals surface area contributed by atoms with Crippen molar-refractivity contribution in [1.82, 2.24) is 0 Å². The molecule has 106 valence electrons. The molecule has 1 aromatic rings. The fraction of sp³-hybridized carbons (Fsp3) is 0.308. The first-order valence-electron chi connectivity index (χ1n) is 5.67. The van der Waals surface area contributed by atoms with Crippen molar-refractivity contribution in [3.05, 3.63) is 33.6 Å². The highest BCUT2D eigenvalue weighted by atomic mass is 19.1. The van der Waals surface area contributed by atoms with Gasteiger partial charge in [-0.2, -0.15) is 0 Å². The number of carbonyl (C=O) groups is 1. The predicted molar refractivity (Wildman–Crippen MR) is 70.9 cm³/mol. The third-order valence-electron chi connectivity index (χ3n) is 2.51. The van der Waals surface area contributed by atoms with Crippen molar-refractivity contribution in [2.45, 2.75) is 19.4 Å². The first-order chi connectivity index (χ1) is 9.40. The summed E-state index contributed by atoms with van der Waals surface area (Å²) in [6.07, 6.45) is 5.47. The van der Waals surface area contributed by atoms with Crippen molar-refractivity contribution in [1.29, 1.82) is 0 Å². The highest BCUT2D eigenvalue weighted by Crippen LogP contribution is 2.29. The van der Waals surface area contributed by atoms with E-state index in [0.29, 0.717) is 12.5 Å². The minimum Gasteiger partial charge on any atom is -0.465 e. The van der Waals surface area contributed by atoms with Crippen molar-refractivity contribution in [3.8, 4) is 12.3 Å². The zero-order valence-electron chi connectivity index (χ0n) is 11.0. The topological polar surface area (TPSA) is 81.5 Å². The smallest absolute Gasteiger partial charge is 0.340 e. The molecule has 1 rings (SSSR count). The lowest BCUT2D eigenvalue weighted by atomic mass is 10.1. The summed E-state index contributed by atoms with van der Waals surface area (Å²) >= 11 is 0. The molecule has 1 N–H and O–H groups in total. The van der Waals surface area contributed by atoms with E-state index in [-0.39, 0.29) is 17.3 Å². The second-order valence-electron chi connectivity index (χ2n) is 4.05.